The largest absolute Gasteiger partial charge is 0.349 e. The third kappa shape index (κ3) is 1.63. The molecule has 0 saturated heterocycles. The van der Waals surface area contributed by atoms with E-state index in [2.05, 4.69) is 15.3 Å². The number of fused-ring (bicyclic) bond motifs is 2. The molecule has 2 N–H and O–H groups in total. The van der Waals surface area contributed by atoms with Gasteiger partial charge < -0.3 is 14.9 Å². The molecule has 6 heteroatoms. The molecule has 0 aromatic carbocycles. The van der Waals surface area contributed by atoms with Gasteiger partial charge in [0.15, 0.2) is 0 Å². The first kappa shape index (κ1) is 11.5. The Morgan fingerprint density at radius 3 is 3.10 bits per heavy atom. The number of aromatic nitrogens is 3. The van der Waals surface area contributed by atoms with Crippen LogP contribution in [0.25, 0.3) is 22.2 Å². The van der Waals surface area contributed by atoms with E-state index in [0.717, 1.165) is 28.7 Å². The predicted molar refractivity (Wildman–Crippen MR) is 76.9 cm³/mol. The van der Waals surface area contributed by atoms with E-state index in [-0.39, 0.29) is 5.91 Å². The lowest BCUT2D eigenvalue weighted by Gasteiger charge is -2.14. The Kier molecular flexibility index (Phi) is 2.37. The lowest BCUT2D eigenvalue weighted by atomic mass is 10.1. The molecule has 0 saturated carbocycles. The number of aromatic amines is 1. The average Bonchev–Trinajstić information content (AvgIpc) is 3.02. The molecule has 3 aromatic heterocycles. The maximum Gasteiger partial charge on any atom is 0.267 e. The molecular weight excluding hydrogens is 276 g/mol. The van der Waals surface area contributed by atoms with Crippen LogP contribution in [0.4, 0.5) is 0 Å². The van der Waals surface area contributed by atoms with Crippen LogP contribution in [-0.4, -0.2) is 27.0 Å². The van der Waals surface area contributed by atoms with Gasteiger partial charge in [-0.25, -0.2) is 4.98 Å². The Bertz CT molecular complexity index is 833. The fraction of sp³-hybridized carbons (Fsp3) is 0.143. The van der Waals surface area contributed by atoms with Gasteiger partial charge in [0.25, 0.3) is 5.91 Å². The van der Waals surface area contributed by atoms with Crippen molar-refractivity contribution in [1.82, 2.24) is 19.9 Å². The molecule has 5 nitrogen and oxygen atoms in total. The van der Waals surface area contributed by atoms with Crippen LogP contribution in [-0.2, 0) is 6.54 Å². The summed E-state index contributed by atoms with van der Waals surface area (Å²) < 4.78 is 1.98. The highest BCUT2D eigenvalue weighted by atomic mass is 35.5. The van der Waals surface area contributed by atoms with E-state index < -0.39 is 0 Å². The van der Waals surface area contributed by atoms with E-state index >= 15 is 0 Å². The van der Waals surface area contributed by atoms with Crippen molar-refractivity contribution in [3.63, 3.8) is 0 Å². The van der Waals surface area contributed by atoms with E-state index in [9.17, 15) is 4.79 Å². The van der Waals surface area contributed by atoms with Crippen LogP contribution in [0.3, 0.4) is 0 Å². The molecule has 0 radical (unpaired) electrons. The third-order valence-electron chi connectivity index (χ3n) is 3.58. The van der Waals surface area contributed by atoms with Crippen molar-refractivity contribution in [2.24, 2.45) is 0 Å². The molecule has 0 spiro atoms. The monoisotopic (exact) mass is 286 g/mol. The lowest BCUT2D eigenvalue weighted by Crippen LogP contribution is -2.34. The quantitative estimate of drug-likeness (QED) is 0.722. The van der Waals surface area contributed by atoms with Gasteiger partial charge in [-0.15, -0.1) is 0 Å². The van der Waals surface area contributed by atoms with Crippen LogP contribution in [0.2, 0.25) is 5.02 Å². The first-order valence-corrected chi connectivity index (χ1v) is 6.71. The summed E-state index contributed by atoms with van der Waals surface area (Å²) in [6, 6.07) is 3.78. The third-order valence-corrected chi connectivity index (χ3v) is 3.78. The Morgan fingerprint density at radius 1 is 1.35 bits per heavy atom. The summed E-state index contributed by atoms with van der Waals surface area (Å²) in [4.78, 5) is 19.2. The number of H-pyrrole nitrogens is 1. The molecule has 3 aromatic rings. The van der Waals surface area contributed by atoms with E-state index in [1.807, 2.05) is 29.1 Å². The SMILES string of the molecule is O=C1NCCn2cc(-c3c[nH]c4ncc(Cl)cc34)cc21. The Labute approximate surface area is 119 Å². The molecule has 0 fully saturated rings. The van der Waals surface area contributed by atoms with Crippen molar-refractivity contribution in [2.75, 3.05) is 6.54 Å². The minimum atomic E-state index is -0.0292. The number of hydrogen-bond donors (Lipinski definition) is 2. The summed E-state index contributed by atoms with van der Waals surface area (Å²) in [5, 5.41) is 4.40. The molecule has 0 aliphatic carbocycles. The molecule has 100 valence electrons. The summed E-state index contributed by atoms with van der Waals surface area (Å²) in [7, 11) is 0. The second-order valence-electron chi connectivity index (χ2n) is 4.82. The van der Waals surface area contributed by atoms with E-state index in [4.69, 9.17) is 11.6 Å². The topological polar surface area (TPSA) is 62.7 Å². The van der Waals surface area contributed by atoms with Gasteiger partial charge in [-0.1, -0.05) is 11.6 Å². The van der Waals surface area contributed by atoms with E-state index in [0.29, 0.717) is 17.3 Å². The number of halogens is 1. The number of rotatable bonds is 1. The minimum absolute atomic E-state index is 0.0292. The second kappa shape index (κ2) is 4.11. The van der Waals surface area contributed by atoms with Crippen LogP contribution in [0.5, 0.6) is 0 Å². The Hall–Kier alpha value is -2.27. The zero-order chi connectivity index (χ0) is 13.7. The van der Waals surface area contributed by atoms with Crippen molar-refractivity contribution >= 4 is 28.5 Å². The standard InChI is InChI=1S/C14H11ClN4O/c15-9-4-10-11(6-18-13(10)17-5-9)8-3-12-14(20)16-1-2-19(12)7-8/h3-7H,1-2H2,(H,16,20)(H,17,18). The van der Waals surface area contributed by atoms with Crippen molar-refractivity contribution < 1.29 is 4.79 Å². The van der Waals surface area contributed by atoms with Crippen molar-refractivity contribution in [1.29, 1.82) is 0 Å². The van der Waals surface area contributed by atoms with Gasteiger partial charge in [-0.3, -0.25) is 4.79 Å². The second-order valence-corrected chi connectivity index (χ2v) is 5.25. The fourth-order valence-electron chi connectivity index (χ4n) is 2.63. The molecule has 1 aliphatic heterocycles. The minimum Gasteiger partial charge on any atom is -0.349 e. The molecule has 4 rings (SSSR count). The predicted octanol–water partition coefficient (Wildman–Crippen LogP) is 2.43. The summed E-state index contributed by atoms with van der Waals surface area (Å²) in [5.74, 6) is -0.0292. The molecule has 1 aliphatic rings. The maximum atomic E-state index is 11.8. The van der Waals surface area contributed by atoms with Gasteiger partial charge in [-0.05, 0) is 12.1 Å². The summed E-state index contributed by atoms with van der Waals surface area (Å²) in [6.07, 6.45) is 5.51. The fourth-order valence-corrected chi connectivity index (χ4v) is 2.79. The van der Waals surface area contributed by atoms with E-state index in [1.54, 1.807) is 6.20 Å². The van der Waals surface area contributed by atoms with Crippen molar-refractivity contribution in [2.45, 2.75) is 6.54 Å². The number of pyridine rings is 1. The summed E-state index contributed by atoms with van der Waals surface area (Å²) in [5.41, 5.74) is 3.48. The molecule has 0 unspecified atom stereocenters. The van der Waals surface area contributed by atoms with Crippen molar-refractivity contribution in [3.8, 4) is 11.1 Å². The number of amides is 1. The summed E-state index contributed by atoms with van der Waals surface area (Å²) >= 11 is 6.01. The molecular formula is C14H11ClN4O. The van der Waals surface area contributed by atoms with Crippen molar-refractivity contribution in [3.05, 3.63) is 41.4 Å². The highest BCUT2D eigenvalue weighted by Crippen LogP contribution is 2.31. The first-order chi connectivity index (χ1) is 9.72. The Balaban J connectivity index is 1.91. The molecule has 20 heavy (non-hydrogen) atoms. The highest BCUT2D eigenvalue weighted by Gasteiger charge is 2.19. The smallest absolute Gasteiger partial charge is 0.267 e. The average molecular weight is 287 g/mol. The molecule has 0 bridgehead atoms. The van der Waals surface area contributed by atoms with Gasteiger partial charge in [0.1, 0.15) is 11.3 Å². The maximum absolute atomic E-state index is 11.8. The molecule has 4 heterocycles. The van der Waals surface area contributed by atoms with Crippen LogP contribution in [0.15, 0.2) is 30.7 Å². The van der Waals surface area contributed by atoms with Crippen LogP contribution in [0, 0.1) is 0 Å². The van der Waals surface area contributed by atoms with Gasteiger partial charge in [0.05, 0.1) is 5.02 Å². The lowest BCUT2D eigenvalue weighted by molar-refractivity contribution is 0.0928. The first-order valence-electron chi connectivity index (χ1n) is 6.34. The number of carbonyl (C=O) groups excluding carboxylic acids is 1. The summed E-state index contributed by atoms with van der Waals surface area (Å²) in [6.45, 7) is 1.46. The number of carbonyl (C=O) groups is 1. The molecule has 0 atom stereocenters. The normalized spacial score (nSPS) is 14.3. The van der Waals surface area contributed by atoms with Gasteiger partial charge >= 0.3 is 0 Å². The van der Waals surface area contributed by atoms with E-state index in [1.165, 1.54) is 0 Å². The van der Waals surface area contributed by atoms with Gasteiger partial charge in [0, 0.05) is 48.2 Å². The van der Waals surface area contributed by atoms with Crippen LogP contribution < -0.4 is 5.32 Å². The number of nitrogens with one attached hydrogen (secondary N) is 2. The number of hydrogen-bond acceptors (Lipinski definition) is 2. The molecule has 1 amide bonds. The number of nitrogens with zero attached hydrogens (tertiary/aromatic N) is 2. The van der Waals surface area contributed by atoms with Crippen LogP contribution >= 0.6 is 11.6 Å². The van der Waals surface area contributed by atoms with Crippen LogP contribution in [0.1, 0.15) is 10.5 Å². The van der Waals surface area contributed by atoms with Gasteiger partial charge in [-0.2, -0.15) is 0 Å². The van der Waals surface area contributed by atoms with Gasteiger partial charge in [0.2, 0.25) is 0 Å². The zero-order valence-electron chi connectivity index (χ0n) is 10.5. The highest BCUT2D eigenvalue weighted by molar-refractivity contribution is 6.31. The Morgan fingerprint density at radius 2 is 2.25 bits per heavy atom. The zero-order valence-corrected chi connectivity index (χ0v) is 11.2.